The Kier molecular flexibility index (Phi) is 7.80. The van der Waals surface area contributed by atoms with Crippen LogP contribution in [0.5, 0.6) is 5.75 Å². The largest absolute Gasteiger partial charge is 0.497 e. The van der Waals surface area contributed by atoms with Crippen molar-refractivity contribution in [3.8, 4) is 5.75 Å². The lowest BCUT2D eigenvalue weighted by atomic mass is 10.2. The van der Waals surface area contributed by atoms with Gasteiger partial charge in [-0.15, -0.1) is 0 Å². The first-order valence-corrected chi connectivity index (χ1v) is 11.5. The molecule has 0 aromatic heterocycles. The third-order valence-electron chi connectivity index (χ3n) is 6.11. The lowest BCUT2D eigenvalue weighted by Gasteiger charge is -2.35. The van der Waals surface area contributed by atoms with E-state index < -0.39 is 0 Å². The summed E-state index contributed by atoms with van der Waals surface area (Å²) in [6.07, 6.45) is 0.863. The Bertz CT molecular complexity index is 939. The maximum absolute atomic E-state index is 13.0. The normalized spacial score (nSPS) is 19.6. The number of para-hydroxylation sites is 1. The number of nitrogens with one attached hydrogen (secondary N) is 1. The molecule has 0 aliphatic carbocycles. The first-order chi connectivity index (χ1) is 16.1. The van der Waals surface area contributed by atoms with Crippen molar-refractivity contribution in [2.24, 2.45) is 0 Å². The van der Waals surface area contributed by atoms with E-state index in [-0.39, 0.29) is 18.0 Å². The zero-order valence-corrected chi connectivity index (χ0v) is 19.1. The Morgan fingerprint density at radius 2 is 1.85 bits per heavy atom. The molecule has 4 rings (SSSR count). The minimum Gasteiger partial charge on any atom is -0.497 e. The highest BCUT2D eigenvalue weighted by Crippen LogP contribution is 2.17. The number of benzene rings is 2. The molecule has 2 aromatic rings. The van der Waals surface area contributed by atoms with E-state index in [0.29, 0.717) is 37.6 Å². The van der Waals surface area contributed by atoms with Gasteiger partial charge in [-0.2, -0.15) is 0 Å². The Labute approximate surface area is 195 Å². The molecule has 0 spiro atoms. The van der Waals surface area contributed by atoms with Gasteiger partial charge >= 0.3 is 6.03 Å². The molecule has 2 fully saturated rings. The molecule has 0 saturated carbocycles. The number of amides is 3. The van der Waals surface area contributed by atoms with Crippen molar-refractivity contribution in [2.45, 2.75) is 12.5 Å². The van der Waals surface area contributed by atoms with Gasteiger partial charge in [-0.1, -0.05) is 24.3 Å². The molecule has 2 saturated heterocycles. The zero-order chi connectivity index (χ0) is 23.0. The monoisotopic (exact) mass is 452 g/mol. The van der Waals surface area contributed by atoms with E-state index in [9.17, 15) is 9.59 Å². The number of methoxy groups -OCH3 is 1. The first kappa shape index (κ1) is 23.1. The second-order valence-electron chi connectivity index (χ2n) is 8.41. The molecule has 8 nitrogen and oxygen atoms in total. The highest BCUT2D eigenvalue weighted by atomic mass is 16.5. The molecule has 176 valence electrons. The molecule has 2 aliphatic heterocycles. The lowest BCUT2D eigenvalue weighted by molar-refractivity contribution is -0.0283. The molecule has 0 unspecified atom stereocenters. The molecule has 0 radical (unpaired) electrons. The van der Waals surface area contributed by atoms with Crippen molar-refractivity contribution < 1.29 is 19.1 Å². The summed E-state index contributed by atoms with van der Waals surface area (Å²) in [5, 5.41) is 2.95. The first-order valence-electron chi connectivity index (χ1n) is 11.5. The van der Waals surface area contributed by atoms with Gasteiger partial charge in [-0.05, 0) is 43.3 Å². The number of ether oxygens (including phenoxy) is 2. The fourth-order valence-electron chi connectivity index (χ4n) is 4.32. The van der Waals surface area contributed by atoms with E-state index in [4.69, 9.17) is 9.47 Å². The second kappa shape index (κ2) is 11.2. The van der Waals surface area contributed by atoms with Crippen LogP contribution in [0.4, 0.5) is 10.5 Å². The van der Waals surface area contributed by atoms with Crippen LogP contribution in [-0.4, -0.2) is 92.3 Å². The van der Waals surface area contributed by atoms with Crippen LogP contribution in [0.1, 0.15) is 16.8 Å². The number of rotatable bonds is 5. The van der Waals surface area contributed by atoms with E-state index in [1.807, 2.05) is 58.3 Å². The van der Waals surface area contributed by atoms with Crippen molar-refractivity contribution in [3.63, 3.8) is 0 Å². The van der Waals surface area contributed by atoms with Gasteiger partial charge in [0, 0.05) is 50.5 Å². The van der Waals surface area contributed by atoms with Gasteiger partial charge in [0.2, 0.25) is 0 Å². The summed E-state index contributed by atoms with van der Waals surface area (Å²) in [6.45, 7) is 5.49. The van der Waals surface area contributed by atoms with Crippen LogP contribution in [0.15, 0.2) is 54.6 Å². The average molecular weight is 453 g/mol. The maximum atomic E-state index is 13.0. The fourth-order valence-corrected chi connectivity index (χ4v) is 4.32. The van der Waals surface area contributed by atoms with E-state index >= 15 is 0 Å². The maximum Gasteiger partial charge on any atom is 0.322 e. The fraction of sp³-hybridized carbons (Fsp3) is 0.440. The van der Waals surface area contributed by atoms with Crippen LogP contribution >= 0.6 is 0 Å². The summed E-state index contributed by atoms with van der Waals surface area (Å²) in [4.78, 5) is 31.7. The Morgan fingerprint density at radius 1 is 1.00 bits per heavy atom. The zero-order valence-electron chi connectivity index (χ0n) is 19.1. The Morgan fingerprint density at radius 3 is 2.67 bits per heavy atom. The topological polar surface area (TPSA) is 74.4 Å². The van der Waals surface area contributed by atoms with Gasteiger partial charge in [-0.3, -0.25) is 9.69 Å². The van der Waals surface area contributed by atoms with Crippen LogP contribution in [-0.2, 0) is 4.74 Å². The Balaban J connectivity index is 1.28. The predicted octanol–water partition coefficient (Wildman–Crippen LogP) is 2.78. The van der Waals surface area contributed by atoms with E-state index in [0.717, 1.165) is 38.3 Å². The van der Waals surface area contributed by atoms with Crippen molar-refractivity contribution >= 4 is 17.6 Å². The molecule has 1 atom stereocenters. The SMILES string of the molecule is COc1cccc(C(=O)N2CCCN(C[C@H]3CN(C(=O)Nc4ccccc4)CCO3)CC2)c1. The van der Waals surface area contributed by atoms with Gasteiger partial charge in [0.1, 0.15) is 5.75 Å². The number of urea groups is 1. The minimum atomic E-state index is -0.0968. The molecule has 2 heterocycles. The van der Waals surface area contributed by atoms with Gasteiger partial charge in [0.15, 0.2) is 0 Å². The molecule has 33 heavy (non-hydrogen) atoms. The van der Waals surface area contributed by atoms with Crippen LogP contribution in [0.2, 0.25) is 0 Å². The van der Waals surface area contributed by atoms with E-state index in [2.05, 4.69) is 10.2 Å². The summed E-state index contributed by atoms with van der Waals surface area (Å²) in [6, 6.07) is 16.7. The van der Waals surface area contributed by atoms with Crippen molar-refractivity contribution in [1.82, 2.24) is 14.7 Å². The van der Waals surface area contributed by atoms with Crippen LogP contribution < -0.4 is 10.1 Å². The van der Waals surface area contributed by atoms with Gasteiger partial charge in [0.05, 0.1) is 19.8 Å². The van der Waals surface area contributed by atoms with Crippen LogP contribution in [0.25, 0.3) is 0 Å². The summed E-state index contributed by atoms with van der Waals surface area (Å²) < 4.78 is 11.2. The molecular weight excluding hydrogens is 420 g/mol. The minimum absolute atomic E-state index is 0.0356. The smallest absolute Gasteiger partial charge is 0.322 e. The van der Waals surface area contributed by atoms with Crippen molar-refractivity contribution in [2.75, 3.05) is 64.8 Å². The quantitative estimate of drug-likeness (QED) is 0.755. The second-order valence-corrected chi connectivity index (χ2v) is 8.41. The van der Waals surface area contributed by atoms with Gasteiger partial charge in [0.25, 0.3) is 5.91 Å². The summed E-state index contributed by atoms with van der Waals surface area (Å²) in [7, 11) is 1.60. The van der Waals surface area contributed by atoms with Crippen molar-refractivity contribution in [3.05, 3.63) is 60.2 Å². The summed E-state index contributed by atoms with van der Waals surface area (Å²) in [5.74, 6) is 0.723. The third-order valence-corrected chi connectivity index (χ3v) is 6.11. The number of carbonyl (C=O) groups is 2. The molecule has 8 heteroatoms. The molecular formula is C25H32N4O4. The lowest BCUT2D eigenvalue weighted by Crippen LogP contribution is -2.51. The van der Waals surface area contributed by atoms with Crippen LogP contribution in [0.3, 0.4) is 0 Å². The number of anilines is 1. The number of hydrogen-bond acceptors (Lipinski definition) is 5. The molecule has 3 amide bonds. The van der Waals surface area contributed by atoms with Crippen LogP contribution in [0, 0.1) is 0 Å². The van der Waals surface area contributed by atoms with E-state index in [1.165, 1.54) is 0 Å². The number of nitrogens with zero attached hydrogens (tertiary/aromatic N) is 3. The number of morpholine rings is 1. The molecule has 1 N–H and O–H groups in total. The Hall–Kier alpha value is -3.10. The number of carbonyl (C=O) groups excluding carboxylic acids is 2. The predicted molar refractivity (Wildman–Crippen MR) is 127 cm³/mol. The van der Waals surface area contributed by atoms with Gasteiger partial charge in [-0.25, -0.2) is 4.79 Å². The standard InChI is InChI=1S/C25H32N4O4/c1-32-22-10-5-7-20(17-22)24(30)28-12-6-11-27(13-14-28)18-23-19-29(15-16-33-23)25(31)26-21-8-3-2-4-9-21/h2-5,7-10,17,23H,6,11-16,18-19H2,1H3,(H,26,31)/t23-/m0/s1. The van der Waals surface area contributed by atoms with Gasteiger partial charge < -0.3 is 24.6 Å². The average Bonchev–Trinajstić information content (AvgIpc) is 3.10. The molecule has 0 bridgehead atoms. The summed E-state index contributed by atoms with van der Waals surface area (Å²) in [5.41, 5.74) is 1.44. The highest BCUT2D eigenvalue weighted by molar-refractivity contribution is 5.94. The molecule has 2 aliphatic rings. The number of hydrogen-bond donors (Lipinski definition) is 1. The third kappa shape index (κ3) is 6.24. The highest BCUT2D eigenvalue weighted by Gasteiger charge is 2.27. The van der Waals surface area contributed by atoms with E-state index in [1.54, 1.807) is 13.2 Å². The summed E-state index contributed by atoms with van der Waals surface area (Å²) >= 11 is 0. The molecule has 2 aromatic carbocycles. The van der Waals surface area contributed by atoms with Crippen molar-refractivity contribution in [1.29, 1.82) is 0 Å².